The summed E-state index contributed by atoms with van der Waals surface area (Å²) in [6, 6.07) is 7.98. The zero-order valence-electron chi connectivity index (χ0n) is 14.9. The Labute approximate surface area is 177 Å². The summed E-state index contributed by atoms with van der Waals surface area (Å²) in [5.41, 5.74) is 1.14. The minimum atomic E-state index is -0.397. The molecule has 0 aromatic heterocycles. The second kappa shape index (κ2) is 8.90. The van der Waals surface area contributed by atoms with Gasteiger partial charge in [-0.2, -0.15) is 0 Å². The molecule has 1 heterocycles. The lowest BCUT2D eigenvalue weighted by Crippen LogP contribution is -2.25. The molecule has 2 amide bonds. The van der Waals surface area contributed by atoms with Crippen LogP contribution in [0.3, 0.4) is 0 Å². The lowest BCUT2D eigenvalue weighted by molar-refractivity contribution is -0.118. The molecule has 0 spiro atoms. The fraction of sp³-hybridized carbons (Fsp3) is 0.263. The molecule has 1 fully saturated rings. The minimum absolute atomic E-state index is 0.0272. The van der Waals surface area contributed by atoms with Gasteiger partial charge in [-0.25, -0.2) is 0 Å². The van der Waals surface area contributed by atoms with Gasteiger partial charge in [0.25, 0.3) is 5.91 Å². The molecule has 1 aliphatic rings. The monoisotopic (exact) mass is 442 g/mol. The molecule has 2 aromatic carbocycles. The molecular weight excluding hydrogens is 427 g/mol. The lowest BCUT2D eigenvalue weighted by Gasteiger charge is -2.20. The van der Waals surface area contributed by atoms with Crippen LogP contribution in [-0.2, 0) is 9.59 Å². The molecule has 6 nitrogen and oxygen atoms in total. The first kappa shape index (κ1) is 20.6. The maximum Gasteiger partial charge on any atom is 0.262 e. The van der Waals surface area contributed by atoms with Gasteiger partial charge in [0.05, 0.1) is 27.9 Å². The van der Waals surface area contributed by atoms with Crippen LogP contribution in [-0.4, -0.2) is 32.1 Å². The van der Waals surface area contributed by atoms with Crippen molar-refractivity contribution in [3.05, 3.63) is 45.4 Å². The maximum atomic E-state index is 12.3. The van der Waals surface area contributed by atoms with Crippen molar-refractivity contribution in [3.63, 3.8) is 0 Å². The van der Waals surface area contributed by atoms with Crippen molar-refractivity contribution in [2.24, 2.45) is 0 Å². The number of anilines is 2. The van der Waals surface area contributed by atoms with E-state index in [4.69, 9.17) is 44.3 Å². The van der Waals surface area contributed by atoms with E-state index < -0.39 is 5.91 Å². The second-order valence-corrected chi connectivity index (χ2v) is 7.29. The first-order valence-corrected chi connectivity index (χ1v) is 9.58. The first-order chi connectivity index (χ1) is 13.4. The smallest absolute Gasteiger partial charge is 0.262 e. The zero-order valence-corrected chi connectivity index (χ0v) is 17.2. The van der Waals surface area contributed by atoms with Crippen LogP contribution in [0.2, 0.25) is 15.1 Å². The molecule has 1 N–H and O–H groups in total. The van der Waals surface area contributed by atoms with E-state index >= 15 is 0 Å². The quantitative estimate of drug-likeness (QED) is 0.651. The Hall–Kier alpha value is -2.15. The maximum absolute atomic E-state index is 12.3. The summed E-state index contributed by atoms with van der Waals surface area (Å²) in [6.07, 6.45) is 1.29. The topological polar surface area (TPSA) is 67.9 Å². The van der Waals surface area contributed by atoms with Crippen molar-refractivity contribution in [2.45, 2.75) is 12.8 Å². The Balaban J connectivity index is 1.69. The van der Waals surface area contributed by atoms with E-state index in [1.54, 1.807) is 23.1 Å². The van der Waals surface area contributed by atoms with E-state index in [0.717, 1.165) is 6.42 Å². The third-order valence-electron chi connectivity index (χ3n) is 4.16. The highest BCUT2D eigenvalue weighted by Crippen LogP contribution is 2.35. The van der Waals surface area contributed by atoms with Crippen molar-refractivity contribution in [1.29, 1.82) is 0 Å². The van der Waals surface area contributed by atoms with Gasteiger partial charge in [0.1, 0.15) is 11.5 Å². The van der Waals surface area contributed by atoms with Crippen LogP contribution in [0.15, 0.2) is 30.3 Å². The van der Waals surface area contributed by atoms with Crippen LogP contribution in [0.4, 0.5) is 11.4 Å². The van der Waals surface area contributed by atoms with Crippen molar-refractivity contribution in [2.75, 3.05) is 30.5 Å². The number of carbonyl (C=O) groups excluding carboxylic acids is 2. The standard InChI is InChI=1S/C19H17Cl3N2O4/c1-27-16-5-4-11(7-15(16)24-6-2-3-19(24)26)23-18(25)10-28-17-9-13(21)12(20)8-14(17)22/h4-5,7-9H,2-3,6,10H2,1H3,(H,23,25). The largest absolute Gasteiger partial charge is 0.495 e. The highest BCUT2D eigenvalue weighted by molar-refractivity contribution is 6.43. The highest BCUT2D eigenvalue weighted by atomic mass is 35.5. The van der Waals surface area contributed by atoms with Gasteiger partial charge in [-0.1, -0.05) is 34.8 Å². The Morgan fingerprint density at radius 3 is 2.54 bits per heavy atom. The van der Waals surface area contributed by atoms with Crippen molar-refractivity contribution in [3.8, 4) is 11.5 Å². The van der Waals surface area contributed by atoms with Crippen LogP contribution in [0.5, 0.6) is 11.5 Å². The number of hydrogen-bond acceptors (Lipinski definition) is 4. The molecule has 0 radical (unpaired) electrons. The fourth-order valence-corrected chi connectivity index (χ4v) is 3.43. The SMILES string of the molecule is COc1ccc(NC(=O)COc2cc(Cl)c(Cl)cc2Cl)cc1N1CCCC1=O. The number of benzene rings is 2. The molecule has 0 aliphatic carbocycles. The van der Waals surface area contributed by atoms with Gasteiger partial charge in [0.15, 0.2) is 6.61 Å². The number of ether oxygens (including phenoxy) is 2. The lowest BCUT2D eigenvalue weighted by atomic mass is 10.2. The molecule has 0 saturated carbocycles. The Kier molecular flexibility index (Phi) is 6.54. The van der Waals surface area contributed by atoms with Gasteiger partial charge in [-0.05, 0) is 30.7 Å². The van der Waals surface area contributed by atoms with Crippen molar-refractivity contribution in [1.82, 2.24) is 0 Å². The summed E-state index contributed by atoms with van der Waals surface area (Å²) < 4.78 is 10.8. The predicted octanol–water partition coefficient (Wildman–Crippen LogP) is 4.80. The van der Waals surface area contributed by atoms with Crippen LogP contribution in [0, 0.1) is 0 Å². The Morgan fingerprint density at radius 2 is 1.86 bits per heavy atom. The van der Waals surface area contributed by atoms with Gasteiger partial charge in [-0.3, -0.25) is 9.59 Å². The Morgan fingerprint density at radius 1 is 1.11 bits per heavy atom. The molecule has 2 aromatic rings. The molecule has 3 rings (SSSR count). The summed E-state index contributed by atoms with van der Waals surface area (Å²) in [5, 5.41) is 3.55. The molecular formula is C19H17Cl3N2O4. The van der Waals surface area contributed by atoms with E-state index in [9.17, 15) is 9.59 Å². The summed E-state index contributed by atoms with van der Waals surface area (Å²) in [6.45, 7) is 0.340. The van der Waals surface area contributed by atoms with E-state index in [-0.39, 0.29) is 28.3 Å². The molecule has 28 heavy (non-hydrogen) atoms. The van der Waals surface area contributed by atoms with Gasteiger partial charge in [0.2, 0.25) is 5.91 Å². The molecule has 0 atom stereocenters. The second-order valence-electron chi connectivity index (χ2n) is 6.07. The van der Waals surface area contributed by atoms with Crippen LogP contribution < -0.4 is 19.7 Å². The number of methoxy groups -OCH3 is 1. The average Bonchev–Trinajstić information content (AvgIpc) is 3.09. The van der Waals surface area contributed by atoms with Gasteiger partial charge in [0, 0.05) is 24.7 Å². The molecule has 1 aliphatic heterocycles. The predicted molar refractivity (Wildman–Crippen MR) is 110 cm³/mol. The van der Waals surface area contributed by atoms with Gasteiger partial charge in [-0.15, -0.1) is 0 Å². The minimum Gasteiger partial charge on any atom is -0.495 e. The number of nitrogens with one attached hydrogen (secondary N) is 1. The van der Waals surface area contributed by atoms with Crippen molar-refractivity contribution < 1.29 is 19.1 Å². The molecule has 1 saturated heterocycles. The number of amides is 2. The van der Waals surface area contributed by atoms with Crippen LogP contribution >= 0.6 is 34.8 Å². The van der Waals surface area contributed by atoms with Crippen LogP contribution in [0.25, 0.3) is 0 Å². The number of carbonyl (C=O) groups is 2. The number of rotatable bonds is 6. The first-order valence-electron chi connectivity index (χ1n) is 8.44. The van der Waals surface area contributed by atoms with E-state index in [2.05, 4.69) is 5.32 Å². The molecule has 0 bridgehead atoms. The third-order valence-corrected chi connectivity index (χ3v) is 5.18. The van der Waals surface area contributed by atoms with Crippen LogP contribution in [0.1, 0.15) is 12.8 Å². The summed E-state index contributed by atoms with van der Waals surface area (Å²) in [4.78, 5) is 26.0. The molecule has 0 unspecified atom stereocenters. The zero-order chi connectivity index (χ0) is 20.3. The number of halogens is 3. The number of hydrogen-bond donors (Lipinski definition) is 1. The van der Waals surface area contributed by atoms with E-state index in [1.165, 1.54) is 19.2 Å². The van der Waals surface area contributed by atoms with E-state index in [0.29, 0.717) is 35.1 Å². The molecule has 148 valence electrons. The van der Waals surface area contributed by atoms with Gasteiger partial charge < -0.3 is 19.7 Å². The summed E-state index contributed by atoms with van der Waals surface area (Å²) in [5.74, 6) is 0.446. The van der Waals surface area contributed by atoms with Gasteiger partial charge >= 0.3 is 0 Å². The Bertz CT molecular complexity index is 920. The average molecular weight is 444 g/mol. The van der Waals surface area contributed by atoms with E-state index in [1.807, 2.05) is 0 Å². The normalized spacial score (nSPS) is 13.6. The molecule has 9 heteroatoms. The highest BCUT2D eigenvalue weighted by Gasteiger charge is 2.25. The fourth-order valence-electron chi connectivity index (χ4n) is 2.84. The summed E-state index contributed by atoms with van der Waals surface area (Å²) >= 11 is 17.8. The summed E-state index contributed by atoms with van der Waals surface area (Å²) in [7, 11) is 1.53. The van der Waals surface area contributed by atoms with Crippen molar-refractivity contribution >= 4 is 58.0 Å². The third kappa shape index (κ3) is 4.63. The number of nitrogens with zero attached hydrogens (tertiary/aromatic N) is 1.